The topological polar surface area (TPSA) is 70.6 Å². The van der Waals surface area contributed by atoms with Crippen LogP contribution in [0.1, 0.15) is 60.3 Å². The first-order valence-electron chi connectivity index (χ1n) is 13.9. The van der Waals surface area contributed by atoms with Crippen LogP contribution < -0.4 is 15.0 Å². The minimum Gasteiger partial charge on any atom is -0.494 e. The van der Waals surface area contributed by atoms with Crippen molar-refractivity contribution in [3.63, 3.8) is 0 Å². The maximum Gasteiger partial charge on any atom is 0.253 e. The number of aromatic nitrogens is 2. The second kappa shape index (κ2) is 13.8. The van der Waals surface area contributed by atoms with Crippen LogP contribution in [0.5, 0.6) is 5.75 Å². The lowest BCUT2D eigenvalue weighted by Crippen LogP contribution is -2.48. The molecule has 39 heavy (non-hydrogen) atoms. The monoisotopic (exact) mass is 549 g/mol. The summed E-state index contributed by atoms with van der Waals surface area (Å²) < 4.78 is 5.62. The van der Waals surface area contributed by atoms with Crippen molar-refractivity contribution in [2.24, 2.45) is 0 Å². The van der Waals surface area contributed by atoms with Crippen molar-refractivity contribution in [1.82, 2.24) is 20.2 Å². The Hall–Kier alpha value is -3.16. The highest BCUT2D eigenvalue weighted by Gasteiger charge is 2.27. The van der Waals surface area contributed by atoms with E-state index in [1.54, 1.807) is 6.07 Å². The van der Waals surface area contributed by atoms with Crippen molar-refractivity contribution in [2.45, 2.75) is 65.6 Å². The molecule has 1 aliphatic rings. The smallest absolute Gasteiger partial charge is 0.253 e. The summed E-state index contributed by atoms with van der Waals surface area (Å²) in [6, 6.07) is 15.1. The largest absolute Gasteiger partial charge is 0.494 e. The zero-order valence-electron chi connectivity index (χ0n) is 23.5. The van der Waals surface area contributed by atoms with Gasteiger partial charge in [-0.15, -0.1) is 0 Å². The molecule has 7 nitrogen and oxygen atoms in total. The van der Waals surface area contributed by atoms with Crippen molar-refractivity contribution in [3.05, 3.63) is 82.4 Å². The van der Waals surface area contributed by atoms with Gasteiger partial charge in [0.1, 0.15) is 10.9 Å². The SMILES string of the molecule is CCOc1ccc(CN(c2cccnc2)C2CCN([C@H](C)CCNC(=O)c3c(C)cc(Cl)nc3C)CC2)cc1. The first-order chi connectivity index (χ1) is 18.9. The van der Waals surface area contributed by atoms with Crippen LogP contribution >= 0.6 is 11.6 Å². The number of amides is 1. The zero-order chi connectivity index (χ0) is 27.8. The second-order valence-electron chi connectivity index (χ2n) is 10.3. The van der Waals surface area contributed by atoms with E-state index in [4.69, 9.17) is 16.3 Å². The van der Waals surface area contributed by atoms with E-state index < -0.39 is 0 Å². The van der Waals surface area contributed by atoms with Crippen molar-refractivity contribution in [1.29, 1.82) is 0 Å². The Balaban J connectivity index is 1.31. The standard InChI is InChI=1S/C31H40ClN5O2/c1-5-39-28-10-8-25(9-11-28)21-37(27-7-6-15-33-20-27)26-13-17-36(18-14-26)23(3)12-16-34-31(38)30-22(2)19-29(32)35-24(30)4/h6-11,15,19-20,23,26H,5,12-14,16-18,21H2,1-4H3,(H,34,38)/t23-/m1/s1. The number of aryl methyl sites for hydroxylation is 2. The maximum atomic E-state index is 12.8. The van der Waals surface area contributed by atoms with Crippen LogP contribution in [0.2, 0.25) is 5.15 Å². The Kier molecular flexibility index (Phi) is 10.2. The Morgan fingerprint density at radius 3 is 2.59 bits per heavy atom. The first kappa shape index (κ1) is 28.8. The van der Waals surface area contributed by atoms with E-state index in [9.17, 15) is 4.79 Å². The summed E-state index contributed by atoms with van der Waals surface area (Å²) in [6.45, 7) is 12.2. The number of nitrogens with zero attached hydrogens (tertiary/aromatic N) is 4. The number of benzene rings is 1. The Labute approximate surface area is 237 Å². The van der Waals surface area contributed by atoms with Crippen LogP contribution in [-0.2, 0) is 6.54 Å². The summed E-state index contributed by atoms with van der Waals surface area (Å²) in [5.41, 5.74) is 4.55. The molecule has 3 heterocycles. The van der Waals surface area contributed by atoms with Gasteiger partial charge >= 0.3 is 0 Å². The summed E-state index contributed by atoms with van der Waals surface area (Å²) in [5.74, 6) is 0.823. The van der Waals surface area contributed by atoms with Gasteiger partial charge < -0.3 is 19.9 Å². The number of ether oxygens (including phenoxy) is 1. The number of pyridine rings is 2. The van der Waals surface area contributed by atoms with Crippen LogP contribution in [0.4, 0.5) is 5.69 Å². The highest BCUT2D eigenvalue weighted by molar-refractivity contribution is 6.29. The second-order valence-corrected chi connectivity index (χ2v) is 10.7. The van der Waals surface area contributed by atoms with E-state index in [1.165, 1.54) is 5.56 Å². The summed E-state index contributed by atoms with van der Waals surface area (Å²) in [4.78, 5) is 26.4. The fraction of sp³-hybridized carbons (Fsp3) is 0.452. The number of rotatable bonds is 11. The molecule has 4 rings (SSSR count). The van der Waals surface area contributed by atoms with E-state index in [1.807, 2.05) is 39.2 Å². The molecule has 1 aromatic carbocycles. The molecule has 2 aromatic heterocycles. The summed E-state index contributed by atoms with van der Waals surface area (Å²) in [5, 5.41) is 3.50. The first-order valence-corrected chi connectivity index (χ1v) is 14.3. The van der Waals surface area contributed by atoms with Gasteiger partial charge in [0, 0.05) is 44.5 Å². The third kappa shape index (κ3) is 7.70. The lowest BCUT2D eigenvalue weighted by atomic mass is 9.99. The maximum absolute atomic E-state index is 12.8. The third-order valence-corrected chi connectivity index (χ3v) is 7.76. The lowest BCUT2D eigenvalue weighted by Gasteiger charge is -2.41. The molecule has 8 heteroatoms. The number of carbonyl (C=O) groups is 1. The third-order valence-electron chi connectivity index (χ3n) is 7.57. The van der Waals surface area contributed by atoms with Crippen molar-refractivity contribution < 1.29 is 9.53 Å². The summed E-state index contributed by atoms with van der Waals surface area (Å²) in [6.07, 6.45) is 6.85. The zero-order valence-corrected chi connectivity index (χ0v) is 24.2. The summed E-state index contributed by atoms with van der Waals surface area (Å²) in [7, 11) is 0. The van der Waals surface area contributed by atoms with Gasteiger partial charge in [-0.05, 0) is 88.4 Å². The number of halogens is 1. The Bertz CT molecular complexity index is 1190. The van der Waals surface area contributed by atoms with Gasteiger partial charge in [0.05, 0.1) is 29.7 Å². The van der Waals surface area contributed by atoms with Crippen molar-refractivity contribution in [2.75, 3.05) is 31.1 Å². The molecule has 1 aliphatic heterocycles. The number of piperidine rings is 1. The van der Waals surface area contributed by atoms with Gasteiger partial charge in [-0.3, -0.25) is 9.78 Å². The number of likely N-dealkylation sites (tertiary alicyclic amines) is 1. The fourth-order valence-corrected chi connectivity index (χ4v) is 5.73. The average molecular weight is 550 g/mol. The van der Waals surface area contributed by atoms with Crippen molar-refractivity contribution >= 4 is 23.2 Å². The van der Waals surface area contributed by atoms with Gasteiger partial charge in [-0.1, -0.05) is 23.7 Å². The quantitative estimate of drug-likeness (QED) is 0.304. The van der Waals surface area contributed by atoms with Gasteiger partial charge in [0.25, 0.3) is 5.91 Å². The van der Waals surface area contributed by atoms with Gasteiger partial charge in [0.15, 0.2) is 0 Å². The Morgan fingerprint density at radius 2 is 1.95 bits per heavy atom. The fourth-order valence-electron chi connectivity index (χ4n) is 5.44. The number of anilines is 1. The Morgan fingerprint density at radius 1 is 1.21 bits per heavy atom. The van der Waals surface area contributed by atoms with E-state index in [0.717, 1.165) is 55.9 Å². The lowest BCUT2D eigenvalue weighted by molar-refractivity contribution is 0.0943. The number of carbonyl (C=O) groups excluding carboxylic acids is 1. The predicted octanol–water partition coefficient (Wildman–Crippen LogP) is 5.83. The molecule has 1 fully saturated rings. The minimum atomic E-state index is -0.0820. The predicted molar refractivity (Wildman–Crippen MR) is 158 cm³/mol. The van der Waals surface area contributed by atoms with E-state index in [2.05, 4.69) is 62.3 Å². The molecular weight excluding hydrogens is 510 g/mol. The molecule has 0 spiro atoms. The van der Waals surface area contributed by atoms with Gasteiger partial charge in [0.2, 0.25) is 0 Å². The van der Waals surface area contributed by atoms with E-state index in [-0.39, 0.29) is 5.91 Å². The van der Waals surface area contributed by atoms with Crippen LogP contribution in [0.25, 0.3) is 0 Å². The molecule has 1 saturated heterocycles. The number of nitrogens with one attached hydrogen (secondary N) is 1. The molecular formula is C31H40ClN5O2. The highest BCUT2D eigenvalue weighted by Crippen LogP contribution is 2.27. The molecule has 208 valence electrons. The highest BCUT2D eigenvalue weighted by atomic mass is 35.5. The van der Waals surface area contributed by atoms with Crippen LogP contribution in [0.3, 0.4) is 0 Å². The number of hydrogen-bond acceptors (Lipinski definition) is 6. The van der Waals surface area contributed by atoms with Gasteiger partial charge in [-0.2, -0.15) is 0 Å². The van der Waals surface area contributed by atoms with Gasteiger partial charge in [-0.25, -0.2) is 4.98 Å². The minimum absolute atomic E-state index is 0.0820. The summed E-state index contributed by atoms with van der Waals surface area (Å²) >= 11 is 6.02. The molecule has 1 atom stereocenters. The molecule has 1 amide bonds. The van der Waals surface area contributed by atoms with E-state index >= 15 is 0 Å². The molecule has 0 radical (unpaired) electrons. The van der Waals surface area contributed by atoms with Crippen LogP contribution in [-0.4, -0.2) is 59.1 Å². The normalized spacial score (nSPS) is 15.1. The number of hydrogen-bond donors (Lipinski definition) is 1. The molecule has 0 aliphatic carbocycles. The molecule has 0 saturated carbocycles. The average Bonchev–Trinajstić information content (AvgIpc) is 2.93. The van der Waals surface area contributed by atoms with Crippen LogP contribution in [0, 0.1) is 13.8 Å². The molecule has 0 unspecified atom stereocenters. The molecule has 0 bridgehead atoms. The van der Waals surface area contributed by atoms with Crippen LogP contribution in [0.15, 0.2) is 54.9 Å². The molecule has 3 aromatic rings. The molecule has 1 N–H and O–H groups in total. The van der Waals surface area contributed by atoms with E-state index in [0.29, 0.717) is 41.6 Å². The van der Waals surface area contributed by atoms with Crippen molar-refractivity contribution in [3.8, 4) is 5.75 Å².